The minimum absolute atomic E-state index is 0.0493. The van der Waals surface area contributed by atoms with Gasteiger partial charge in [-0.05, 0) is 24.6 Å². The van der Waals surface area contributed by atoms with Gasteiger partial charge in [-0.1, -0.05) is 28.1 Å². The van der Waals surface area contributed by atoms with E-state index in [0.29, 0.717) is 5.56 Å². The molecule has 0 aliphatic heterocycles. The number of nitrogens with one attached hydrogen (secondary N) is 1. The second-order valence-electron chi connectivity index (χ2n) is 4.80. The van der Waals surface area contributed by atoms with Crippen LogP contribution in [0.2, 0.25) is 0 Å². The van der Waals surface area contributed by atoms with E-state index in [4.69, 9.17) is 11.1 Å². The number of halogens is 1. The van der Waals surface area contributed by atoms with Gasteiger partial charge in [-0.3, -0.25) is 10.1 Å². The fourth-order valence-corrected chi connectivity index (χ4v) is 2.60. The first-order chi connectivity index (χ1) is 9.40. The number of nitrogens with two attached hydrogens (primary N) is 1. The molecule has 0 aliphatic rings. The zero-order valence-corrected chi connectivity index (χ0v) is 13.4. The standard InChI is InChI=1S/C14H18BrN5/c1-9-12(13(16)17)14(20(3)18-9)19(2)8-10-4-6-11(15)7-5-10/h4-7H,8H2,1-3H3,(H3,16,17). The van der Waals surface area contributed by atoms with Gasteiger partial charge in [0.05, 0.1) is 11.3 Å². The van der Waals surface area contributed by atoms with E-state index in [1.807, 2.05) is 33.2 Å². The lowest BCUT2D eigenvalue weighted by atomic mass is 10.2. The molecule has 0 amide bonds. The zero-order chi connectivity index (χ0) is 14.9. The van der Waals surface area contributed by atoms with Crippen molar-refractivity contribution in [1.82, 2.24) is 9.78 Å². The second kappa shape index (κ2) is 5.66. The molecule has 1 aromatic heterocycles. The minimum Gasteiger partial charge on any atom is -0.384 e. The molecule has 0 fully saturated rings. The van der Waals surface area contributed by atoms with Gasteiger partial charge in [0.25, 0.3) is 0 Å². The van der Waals surface area contributed by atoms with Crippen LogP contribution in [-0.4, -0.2) is 22.7 Å². The summed E-state index contributed by atoms with van der Waals surface area (Å²) >= 11 is 3.43. The predicted octanol–water partition coefficient (Wildman–Crippen LogP) is 2.41. The average molecular weight is 336 g/mol. The maximum atomic E-state index is 7.72. The van der Waals surface area contributed by atoms with Crippen molar-refractivity contribution in [2.45, 2.75) is 13.5 Å². The molecule has 0 bridgehead atoms. The Morgan fingerprint density at radius 1 is 1.40 bits per heavy atom. The summed E-state index contributed by atoms with van der Waals surface area (Å²) in [5.74, 6) is 0.908. The highest BCUT2D eigenvalue weighted by atomic mass is 79.9. The third-order valence-electron chi connectivity index (χ3n) is 3.16. The van der Waals surface area contributed by atoms with Gasteiger partial charge in [0, 0.05) is 25.1 Å². The summed E-state index contributed by atoms with van der Waals surface area (Å²) in [6.45, 7) is 2.60. The van der Waals surface area contributed by atoms with Crippen molar-refractivity contribution in [2.75, 3.05) is 11.9 Å². The molecular formula is C14H18BrN5. The van der Waals surface area contributed by atoms with Crippen molar-refractivity contribution in [3.63, 3.8) is 0 Å². The highest BCUT2D eigenvalue weighted by Crippen LogP contribution is 2.23. The van der Waals surface area contributed by atoms with Crippen molar-refractivity contribution in [3.05, 3.63) is 45.6 Å². The molecule has 5 nitrogen and oxygen atoms in total. The molecule has 2 rings (SSSR count). The lowest BCUT2D eigenvalue weighted by Gasteiger charge is -2.21. The summed E-state index contributed by atoms with van der Waals surface area (Å²) < 4.78 is 2.83. The SMILES string of the molecule is Cc1nn(C)c(N(C)Cc2ccc(Br)cc2)c1C(=N)N. The third kappa shape index (κ3) is 2.85. The Morgan fingerprint density at radius 3 is 2.55 bits per heavy atom. The van der Waals surface area contributed by atoms with E-state index in [1.54, 1.807) is 4.68 Å². The Morgan fingerprint density at radius 2 is 2.00 bits per heavy atom. The number of rotatable bonds is 4. The van der Waals surface area contributed by atoms with Crippen LogP contribution in [0.3, 0.4) is 0 Å². The fraction of sp³-hybridized carbons (Fsp3) is 0.286. The van der Waals surface area contributed by atoms with Gasteiger partial charge in [-0.25, -0.2) is 0 Å². The second-order valence-corrected chi connectivity index (χ2v) is 5.72. The molecule has 0 unspecified atom stereocenters. The topological polar surface area (TPSA) is 70.9 Å². The summed E-state index contributed by atoms with van der Waals surface area (Å²) in [5, 5.41) is 12.1. The number of aryl methyl sites for hydroxylation is 2. The van der Waals surface area contributed by atoms with Gasteiger partial charge >= 0.3 is 0 Å². The Bertz CT molecular complexity index is 630. The number of nitrogens with zero attached hydrogens (tertiary/aromatic N) is 3. The van der Waals surface area contributed by atoms with Crippen LogP contribution >= 0.6 is 15.9 Å². The van der Waals surface area contributed by atoms with Crippen LogP contribution in [0.15, 0.2) is 28.7 Å². The van der Waals surface area contributed by atoms with Crippen LogP contribution in [0.1, 0.15) is 16.8 Å². The molecule has 0 spiro atoms. The van der Waals surface area contributed by atoms with E-state index in [-0.39, 0.29) is 5.84 Å². The summed E-state index contributed by atoms with van der Waals surface area (Å²) in [4.78, 5) is 2.06. The van der Waals surface area contributed by atoms with Gasteiger partial charge in [0.15, 0.2) is 0 Å². The van der Waals surface area contributed by atoms with Crippen LogP contribution in [0.5, 0.6) is 0 Å². The lowest BCUT2D eigenvalue weighted by molar-refractivity contribution is 0.726. The smallest absolute Gasteiger partial charge is 0.137 e. The average Bonchev–Trinajstić information content (AvgIpc) is 2.67. The highest BCUT2D eigenvalue weighted by molar-refractivity contribution is 9.10. The molecule has 6 heteroatoms. The molecular weight excluding hydrogens is 318 g/mol. The van der Waals surface area contributed by atoms with E-state index >= 15 is 0 Å². The number of hydrogen-bond donors (Lipinski definition) is 2. The molecule has 0 radical (unpaired) electrons. The van der Waals surface area contributed by atoms with Crippen molar-refractivity contribution in [3.8, 4) is 0 Å². The minimum atomic E-state index is 0.0493. The van der Waals surface area contributed by atoms with Gasteiger partial charge < -0.3 is 10.6 Å². The number of benzene rings is 1. The number of hydrogen-bond acceptors (Lipinski definition) is 3. The molecule has 106 valence electrons. The molecule has 3 N–H and O–H groups in total. The Labute approximate surface area is 127 Å². The van der Waals surface area contributed by atoms with Crippen molar-refractivity contribution in [1.29, 1.82) is 5.41 Å². The van der Waals surface area contributed by atoms with E-state index < -0.39 is 0 Å². The predicted molar refractivity (Wildman–Crippen MR) is 85.2 cm³/mol. The normalized spacial score (nSPS) is 10.6. The number of aromatic nitrogens is 2. The van der Waals surface area contributed by atoms with Crippen LogP contribution < -0.4 is 10.6 Å². The maximum Gasteiger partial charge on any atom is 0.137 e. The first-order valence-electron chi connectivity index (χ1n) is 6.23. The number of nitrogen functional groups attached to an aromatic ring is 1. The fourth-order valence-electron chi connectivity index (χ4n) is 2.34. The highest BCUT2D eigenvalue weighted by Gasteiger charge is 2.19. The van der Waals surface area contributed by atoms with E-state index in [9.17, 15) is 0 Å². The van der Waals surface area contributed by atoms with Crippen LogP contribution in [0, 0.1) is 12.3 Å². The Kier molecular flexibility index (Phi) is 4.13. The van der Waals surface area contributed by atoms with Crippen molar-refractivity contribution >= 4 is 27.6 Å². The molecule has 1 heterocycles. The molecule has 0 atom stereocenters. The van der Waals surface area contributed by atoms with Crippen molar-refractivity contribution in [2.24, 2.45) is 12.8 Å². The summed E-state index contributed by atoms with van der Waals surface area (Å²) in [6.07, 6.45) is 0. The van der Waals surface area contributed by atoms with Crippen LogP contribution in [-0.2, 0) is 13.6 Å². The Hall–Kier alpha value is -1.82. The van der Waals surface area contributed by atoms with Gasteiger partial charge in [-0.2, -0.15) is 5.10 Å². The molecule has 2 aromatic rings. The summed E-state index contributed by atoms with van der Waals surface area (Å²) in [7, 11) is 3.85. The molecule has 20 heavy (non-hydrogen) atoms. The largest absolute Gasteiger partial charge is 0.384 e. The maximum absolute atomic E-state index is 7.72. The molecule has 1 aromatic carbocycles. The van der Waals surface area contributed by atoms with Crippen LogP contribution in [0.4, 0.5) is 5.82 Å². The van der Waals surface area contributed by atoms with Gasteiger partial charge in [-0.15, -0.1) is 0 Å². The van der Waals surface area contributed by atoms with Gasteiger partial charge in [0.1, 0.15) is 11.7 Å². The van der Waals surface area contributed by atoms with Crippen molar-refractivity contribution < 1.29 is 0 Å². The van der Waals surface area contributed by atoms with E-state index in [1.165, 1.54) is 5.56 Å². The van der Waals surface area contributed by atoms with E-state index in [2.05, 4.69) is 38.1 Å². The first kappa shape index (κ1) is 14.6. The summed E-state index contributed by atoms with van der Waals surface area (Å²) in [5.41, 5.74) is 8.34. The molecule has 0 saturated carbocycles. The monoisotopic (exact) mass is 335 g/mol. The molecule has 0 saturated heterocycles. The quantitative estimate of drug-likeness (QED) is 0.665. The zero-order valence-electron chi connectivity index (χ0n) is 11.8. The first-order valence-corrected chi connectivity index (χ1v) is 7.03. The van der Waals surface area contributed by atoms with E-state index in [0.717, 1.165) is 22.5 Å². The van der Waals surface area contributed by atoms with Crippen LogP contribution in [0.25, 0.3) is 0 Å². The third-order valence-corrected chi connectivity index (χ3v) is 3.68. The summed E-state index contributed by atoms with van der Waals surface area (Å²) in [6, 6.07) is 8.17. The lowest BCUT2D eigenvalue weighted by Crippen LogP contribution is -2.23. The number of anilines is 1. The molecule has 0 aliphatic carbocycles. The van der Waals surface area contributed by atoms with Gasteiger partial charge in [0.2, 0.25) is 0 Å². The Balaban J connectivity index is 2.31. The number of amidine groups is 1.